The molecule has 74 valence electrons. The highest BCUT2D eigenvalue weighted by atomic mass is 35.5. The van der Waals surface area contributed by atoms with E-state index in [4.69, 9.17) is 11.6 Å². The van der Waals surface area contributed by atoms with E-state index in [1.165, 1.54) is 17.5 Å². The van der Waals surface area contributed by atoms with Crippen LogP contribution in [0.15, 0.2) is 17.6 Å². The van der Waals surface area contributed by atoms with Crippen molar-refractivity contribution >= 4 is 22.9 Å². The first-order valence-corrected chi connectivity index (χ1v) is 5.28. The molecule has 0 spiro atoms. The highest BCUT2D eigenvalue weighted by Crippen LogP contribution is 2.23. The Bertz CT molecular complexity index is 400. The third kappa shape index (κ3) is 2.12. The molecule has 0 radical (unpaired) electrons. The Hall–Kier alpha value is -0.910. The Kier molecular flexibility index (Phi) is 2.81. The van der Waals surface area contributed by atoms with Crippen molar-refractivity contribution in [3.8, 4) is 0 Å². The fraction of sp³-hybridized carbons (Fsp3) is 0.250. The number of aromatic nitrogens is 3. The van der Waals surface area contributed by atoms with E-state index >= 15 is 0 Å². The minimum atomic E-state index is -0.626. The van der Waals surface area contributed by atoms with E-state index in [1.807, 2.05) is 11.4 Å². The van der Waals surface area contributed by atoms with Crippen molar-refractivity contribution in [2.75, 3.05) is 0 Å². The molecule has 0 aromatic carbocycles. The molecule has 1 atom stereocenters. The summed E-state index contributed by atoms with van der Waals surface area (Å²) in [5.74, 6) is 0. The van der Waals surface area contributed by atoms with Gasteiger partial charge < -0.3 is 5.11 Å². The van der Waals surface area contributed by atoms with Crippen molar-refractivity contribution in [1.82, 2.24) is 15.4 Å². The Morgan fingerprint density at radius 2 is 2.50 bits per heavy atom. The SMILES string of the molecule is OC(Cc1csc(Cl)c1)c1cn[nH]n1. The molecule has 0 saturated heterocycles. The molecule has 4 nitrogen and oxygen atoms in total. The van der Waals surface area contributed by atoms with E-state index in [2.05, 4.69) is 15.4 Å². The molecule has 0 aliphatic carbocycles. The van der Waals surface area contributed by atoms with Crippen molar-refractivity contribution in [2.24, 2.45) is 0 Å². The van der Waals surface area contributed by atoms with Gasteiger partial charge in [-0.2, -0.15) is 15.4 Å². The van der Waals surface area contributed by atoms with Gasteiger partial charge in [0, 0.05) is 6.42 Å². The zero-order valence-electron chi connectivity index (χ0n) is 7.14. The number of nitrogens with zero attached hydrogens (tertiary/aromatic N) is 2. The van der Waals surface area contributed by atoms with Gasteiger partial charge in [0.25, 0.3) is 0 Å². The standard InChI is InChI=1S/C8H8ClN3OS/c9-8-2-5(4-14-8)1-7(13)6-3-10-12-11-6/h2-4,7,13H,1H2,(H,10,11,12). The summed E-state index contributed by atoms with van der Waals surface area (Å²) < 4.78 is 0.729. The summed E-state index contributed by atoms with van der Waals surface area (Å²) in [5.41, 5.74) is 1.56. The molecule has 14 heavy (non-hydrogen) atoms. The highest BCUT2D eigenvalue weighted by Gasteiger charge is 2.11. The number of aromatic amines is 1. The van der Waals surface area contributed by atoms with Crippen LogP contribution in [0.1, 0.15) is 17.4 Å². The quantitative estimate of drug-likeness (QED) is 0.844. The van der Waals surface area contributed by atoms with Crippen LogP contribution in [0.5, 0.6) is 0 Å². The van der Waals surface area contributed by atoms with Crippen molar-refractivity contribution in [2.45, 2.75) is 12.5 Å². The van der Waals surface area contributed by atoms with Crippen molar-refractivity contribution in [1.29, 1.82) is 0 Å². The average molecular weight is 230 g/mol. The van der Waals surface area contributed by atoms with E-state index in [1.54, 1.807) is 0 Å². The summed E-state index contributed by atoms with van der Waals surface area (Å²) in [6.07, 6.45) is 1.40. The van der Waals surface area contributed by atoms with Crippen LogP contribution in [0.2, 0.25) is 4.34 Å². The first kappa shape index (κ1) is 9.64. The molecular formula is C8H8ClN3OS. The van der Waals surface area contributed by atoms with Crippen LogP contribution in [-0.2, 0) is 6.42 Å². The largest absolute Gasteiger partial charge is 0.386 e. The number of halogens is 1. The molecule has 0 aliphatic rings. The molecule has 0 bridgehead atoms. The maximum atomic E-state index is 9.71. The Labute approximate surface area is 89.5 Å². The van der Waals surface area contributed by atoms with Crippen molar-refractivity contribution < 1.29 is 5.11 Å². The molecule has 2 aromatic heterocycles. The lowest BCUT2D eigenvalue weighted by Crippen LogP contribution is -2.01. The predicted molar refractivity (Wildman–Crippen MR) is 54.4 cm³/mol. The van der Waals surface area contributed by atoms with Gasteiger partial charge in [-0.25, -0.2) is 0 Å². The number of hydrogen-bond acceptors (Lipinski definition) is 4. The van der Waals surface area contributed by atoms with Crippen molar-refractivity contribution in [3.05, 3.63) is 33.2 Å². The lowest BCUT2D eigenvalue weighted by Gasteiger charge is -2.03. The lowest BCUT2D eigenvalue weighted by molar-refractivity contribution is 0.173. The van der Waals surface area contributed by atoms with E-state index in [9.17, 15) is 5.11 Å². The van der Waals surface area contributed by atoms with Gasteiger partial charge in [-0.3, -0.25) is 0 Å². The number of thiophene rings is 1. The number of H-pyrrole nitrogens is 1. The Morgan fingerprint density at radius 3 is 3.07 bits per heavy atom. The van der Waals surface area contributed by atoms with E-state index in [0.717, 1.165) is 9.90 Å². The summed E-state index contributed by atoms with van der Waals surface area (Å²) in [7, 11) is 0. The average Bonchev–Trinajstić information content (AvgIpc) is 2.75. The van der Waals surface area contributed by atoms with Crippen LogP contribution in [0.3, 0.4) is 0 Å². The summed E-state index contributed by atoms with van der Waals surface area (Å²) in [6.45, 7) is 0. The molecule has 0 fully saturated rings. The third-order valence-corrected chi connectivity index (χ3v) is 2.97. The monoisotopic (exact) mass is 229 g/mol. The van der Waals surface area contributed by atoms with Gasteiger partial charge in [0.05, 0.1) is 10.5 Å². The molecule has 2 heterocycles. The topological polar surface area (TPSA) is 61.8 Å². The van der Waals surface area contributed by atoms with E-state index < -0.39 is 6.10 Å². The maximum absolute atomic E-state index is 9.71. The molecule has 2 N–H and O–H groups in total. The third-order valence-electron chi connectivity index (χ3n) is 1.83. The highest BCUT2D eigenvalue weighted by molar-refractivity contribution is 7.14. The van der Waals surface area contributed by atoms with Crippen LogP contribution >= 0.6 is 22.9 Å². The first-order chi connectivity index (χ1) is 6.75. The summed E-state index contributed by atoms with van der Waals surface area (Å²) in [6, 6.07) is 1.84. The molecular weight excluding hydrogens is 222 g/mol. The molecule has 2 aromatic rings. The maximum Gasteiger partial charge on any atom is 0.111 e. The number of aliphatic hydroxyl groups is 1. The lowest BCUT2D eigenvalue weighted by atomic mass is 10.1. The second-order valence-electron chi connectivity index (χ2n) is 2.87. The number of rotatable bonds is 3. The fourth-order valence-corrected chi connectivity index (χ4v) is 2.07. The van der Waals surface area contributed by atoms with Crippen LogP contribution < -0.4 is 0 Å². The van der Waals surface area contributed by atoms with Crippen LogP contribution in [0.4, 0.5) is 0 Å². The predicted octanol–water partition coefficient (Wildman–Crippen LogP) is 1.80. The van der Waals surface area contributed by atoms with E-state index in [-0.39, 0.29) is 0 Å². The van der Waals surface area contributed by atoms with Gasteiger partial charge >= 0.3 is 0 Å². The Balaban J connectivity index is 2.05. The molecule has 0 aliphatic heterocycles. The smallest absolute Gasteiger partial charge is 0.111 e. The second kappa shape index (κ2) is 4.08. The first-order valence-electron chi connectivity index (χ1n) is 4.02. The van der Waals surface area contributed by atoms with Crippen LogP contribution in [0.25, 0.3) is 0 Å². The number of nitrogens with one attached hydrogen (secondary N) is 1. The zero-order valence-corrected chi connectivity index (χ0v) is 8.72. The number of aliphatic hydroxyl groups excluding tert-OH is 1. The minimum Gasteiger partial charge on any atom is -0.386 e. The van der Waals surface area contributed by atoms with Crippen LogP contribution in [0, 0.1) is 0 Å². The van der Waals surface area contributed by atoms with Crippen molar-refractivity contribution in [3.63, 3.8) is 0 Å². The Morgan fingerprint density at radius 1 is 1.64 bits per heavy atom. The fourth-order valence-electron chi connectivity index (χ4n) is 1.15. The van der Waals surface area contributed by atoms with Gasteiger partial charge in [0.2, 0.25) is 0 Å². The zero-order chi connectivity index (χ0) is 9.97. The second-order valence-corrected chi connectivity index (χ2v) is 4.42. The molecule has 0 amide bonds. The van der Waals surface area contributed by atoms with Crippen LogP contribution in [-0.4, -0.2) is 20.5 Å². The van der Waals surface area contributed by atoms with E-state index in [0.29, 0.717) is 12.1 Å². The van der Waals surface area contributed by atoms with Gasteiger partial charge in [0.15, 0.2) is 0 Å². The van der Waals surface area contributed by atoms with Gasteiger partial charge in [0.1, 0.15) is 11.8 Å². The summed E-state index contributed by atoms with van der Waals surface area (Å²) in [4.78, 5) is 0. The molecule has 2 rings (SSSR count). The van der Waals surface area contributed by atoms with Gasteiger partial charge in [-0.1, -0.05) is 11.6 Å². The van der Waals surface area contributed by atoms with Gasteiger partial charge in [-0.15, -0.1) is 11.3 Å². The normalized spacial score (nSPS) is 13.0. The molecule has 0 saturated carbocycles. The summed E-state index contributed by atoms with van der Waals surface area (Å²) in [5, 5.41) is 21.5. The number of hydrogen-bond donors (Lipinski definition) is 2. The minimum absolute atomic E-state index is 0.510. The molecule has 1 unspecified atom stereocenters. The van der Waals surface area contributed by atoms with Gasteiger partial charge in [-0.05, 0) is 17.0 Å². The molecule has 6 heteroatoms. The summed E-state index contributed by atoms with van der Waals surface area (Å²) >= 11 is 7.23.